The molecule has 20 heavy (non-hydrogen) atoms. The van der Waals surface area contributed by atoms with Crippen molar-refractivity contribution < 1.29 is 9.53 Å². The third kappa shape index (κ3) is 2.96. The Morgan fingerprint density at radius 1 is 1.50 bits per heavy atom. The quantitative estimate of drug-likeness (QED) is 0.869. The molecule has 0 bridgehead atoms. The van der Waals surface area contributed by atoms with Gasteiger partial charge >= 0.3 is 0 Å². The van der Waals surface area contributed by atoms with Gasteiger partial charge in [0.05, 0.1) is 12.6 Å². The highest BCUT2D eigenvalue weighted by Gasteiger charge is 2.39. The van der Waals surface area contributed by atoms with Gasteiger partial charge in [0.1, 0.15) is 5.75 Å². The van der Waals surface area contributed by atoms with Crippen LogP contribution >= 0.6 is 0 Å². The second kappa shape index (κ2) is 6.27. The summed E-state index contributed by atoms with van der Waals surface area (Å²) in [6.45, 7) is 5.02. The van der Waals surface area contributed by atoms with Crippen molar-refractivity contribution >= 4 is 11.6 Å². The number of carbonyl (C=O) groups excluding carboxylic acids is 1. The maximum Gasteiger partial charge on any atom is 0.244 e. The smallest absolute Gasteiger partial charge is 0.244 e. The minimum Gasteiger partial charge on any atom is -0.497 e. The van der Waals surface area contributed by atoms with Gasteiger partial charge in [0.2, 0.25) is 5.91 Å². The number of benzene rings is 1. The van der Waals surface area contributed by atoms with Crippen molar-refractivity contribution in [1.82, 2.24) is 5.32 Å². The Hall–Kier alpha value is -1.55. The maximum absolute atomic E-state index is 12.6. The van der Waals surface area contributed by atoms with Gasteiger partial charge in [0.15, 0.2) is 0 Å². The van der Waals surface area contributed by atoms with E-state index in [1.165, 1.54) is 0 Å². The standard InChI is InChI=1S/C16H24N2O2/c1-4-8-16(9-5-10-17-16)15(19)18-14-7-6-13(20-3)11-12(14)2/h6-7,11,17H,4-5,8-10H2,1-3H3,(H,18,19). The van der Waals surface area contributed by atoms with Gasteiger partial charge in [-0.1, -0.05) is 13.3 Å². The number of hydrogen-bond donors (Lipinski definition) is 2. The van der Waals surface area contributed by atoms with E-state index in [1.807, 2.05) is 25.1 Å². The number of rotatable bonds is 5. The molecule has 4 heteroatoms. The molecule has 0 saturated carbocycles. The van der Waals surface area contributed by atoms with Gasteiger partial charge in [-0.25, -0.2) is 0 Å². The second-order valence-corrected chi connectivity index (χ2v) is 5.50. The minimum atomic E-state index is -0.388. The number of ether oxygens (including phenoxy) is 1. The zero-order valence-corrected chi connectivity index (χ0v) is 12.6. The van der Waals surface area contributed by atoms with E-state index in [1.54, 1.807) is 7.11 Å². The summed E-state index contributed by atoms with van der Waals surface area (Å²) in [6, 6.07) is 5.71. The van der Waals surface area contributed by atoms with Crippen LogP contribution in [0.4, 0.5) is 5.69 Å². The van der Waals surface area contributed by atoms with E-state index in [9.17, 15) is 4.79 Å². The summed E-state index contributed by atoms with van der Waals surface area (Å²) >= 11 is 0. The predicted molar refractivity (Wildman–Crippen MR) is 81.2 cm³/mol. The molecular weight excluding hydrogens is 252 g/mol. The first-order chi connectivity index (χ1) is 9.61. The molecule has 4 nitrogen and oxygen atoms in total. The molecule has 1 aliphatic rings. The summed E-state index contributed by atoms with van der Waals surface area (Å²) in [6.07, 6.45) is 3.87. The summed E-state index contributed by atoms with van der Waals surface area (Å²) in [5.41, 5.74) is 1.49. The van der Waals surface area contributed by atoms with Crippen LogP contribution in [0.5, 0.6) is 5.75 Å². The number of amides is 1. The van der Waals surface area contributed by atoms with Crippen LogP contribution in [0.1, 0.15) is 38.2 Å². The summed E-state index contributed by atoms with van der Waals surface area (Å²) in [7, 11) is 1.64. The van der Waals surface area contributed by atoms with Gasteiger partial charge in [0, 0.05) is 5.69 Å². The third-order valence-corrected chi connectivity index (χ3v) is 4.04. The van der Waals surface area contributed by atoms with Gasteiger partial charge in [-0.05, 0) is 56.5 Å². The molecule has 1 aliphatic heterocycles. The molecule has 1 unspecified atom stereocenters. The number of aryl methyl sites for hydroxylation is 1. The molecule has 2 rings (SSSR count). The van der Waals surface area contributed by atoms with E-state index >= 15 is 0 Å². The Morgan fingerprint density at radius 3 is 2.85 bits per heavy atom. The third-order valence-electron chi connectivity index (χ3n) is 4.04. The van der Waals surface area contributed by atoms with E-state index < -0.39 is 0 Å². The molecule has 1 aromatic carbocycles. The van der Waals surface area contributed by atoms with Crippen LogP contribution in [0.25, 0.3) is 0 Å². The van der Waals surface area contributed by atoms with Crippen molar-refractivity contribution in [2.75, 3.05) is 19.0 Å². The van der Waals surface area contributed by atoms with Crippen LogP contribution in [-0.4, -0.2) is 25.1 Å². The fraction of sp³-hybridized carbons (Fsp3) is 0.562. The van der Waals surface area contributed by atoms with Gasteiger partial charge in [-0.3, -0.25) is 4.79 Å². The second-order valence-electron chi connectivity index (χ2n) is 5.50. The van der Waals surface area contributed by atoms with Crippen molar-refractivity contribution in [3.8, 4) is 5.75 Å². The summed E-state index contributed by atoms with van der Waals surface area (Å²) in [5, 5.41) is 6.47. The fourth-order valence-electron chi connectivity index (χ4n) is 2.90. The Morgan fingerprint density at radius 2 is 2.30 bits per heavy atom. The highest BCUT2D eigenvalue weighted by molar-refractivity contribution is 5.99. The van der Waals surface area contributed by atoms with Crippen molar-refractivity contribution in [1.29, 1.82) is 0 Å². The molecule has 1 saturated heterocycles. The lowest BCUT2D eigenvalue weighted by Gasteiger charge is -2.28. The molecule has 110 valence electrons. The van der Waals surface area contributed by atoms with Gasteiger partial charge in [-0.15, -0.1) is 0 Å². The molecule has 0 radical (unpaired) electrons. The monoisotopic (exact) mass is 276 g/mol. The average molecular weight is 276 g/mol. The molecule has 2 N–H and O–H groups in total. The SMILES string of the molecule is CCCC1(C(=O)Nc2ccc(OC)cc2C)CCCN1. The van der Waals surface area contributed by atoms with E-state index in [4.69, 9.17) is 4.74 Å². The van der Waals surface area contributed by atoms with E-state index in [0.29, 0.717) is 0 Å². The van der Waals surface area contributed by atoms with Crippen LogP contribution in [0.2, 0.25) is 0 Å². The lowest BCUT2D eigenvalue weighted by Crippen LogP contribution is -2.50. The van der Waals surface area contributed by atoms with E-state index in [0.717, 1.165) is 49.2 Å². The highest BCUT2D eigenvalue weighted by atomic mass is 16.5. The van der Waals surface area contributed by atoms with Gasteiger partial charge in [0.25, 0.3) is 0 Å². The fourth-order valence-corrected chi connectivity index (χ4v) is 2.90. The first kappa shape index (κ1) is 14.9. The van der Waals surface area contributed by atoms with Gasteiger partial charge < -0.3 is 15.4 Å². The summed E-state index contributed by atoms with van der Waals surface area (Å²) < 4.78 is 5.19. The number of nitrogens with one attached hydrogen (secondary N) is 2. The molecular formula is C16H24N2O2. The minimum absolute atomic E-state index is 0.0881. The number of methoxy groups -OCH3 is 1. The zero-order valence-electron chi connectivity index (χ0n) is 12.6. The molecule has 1 heterocycles. The Balaban J connectivity index is 2.14. The molecule has 1 amide bonds. The number of hydrogen-bond acceptors (Lipinski definition) is 3. The Kier molecular flexibility index (Phi) is 4.65. The summed E-state index contributed by atoms with van der Waals surface area (Å²) in [4.78, 5) is 12.6. The molecule has 1 atom stereocenters. The van der Waals surface area contributed by atoms with Crippen LogP contribution in [0.15, 0.2) is 18.2 Å². The maximum atomic E-state index is 12.6. The van der Waals surface area contributed by atoms with Crippen LogP contribution in [0, 0.1) is 6.92 Å². The number of carbonyl (C=O) groups is 1. The Labute approximate surface area is 120 Å². The van der Waals surface area contributed by atoms with Crippen molar-refractivity contribution in [3.63, 3.8) is 0 Å². The average Bonchev–Trinajstić information content (AvgIpc) is 2.91. The molecule has 1 aromatic rings. The molecule has 1 fully saturated rings. The van der Waals surface area contributed by atoms with Crippen molar-refractivity contribution in [2.45, 2.75) is 45.1 Å². The molecule has 0 aromatic heterocycles. The first-order valence-corrected chi connectivity index (χ1v) is 7.32. The van der Waals surface area contributed by atoms with Crippen molar-refractivity contribution in [2.24, 2.45) is 0 Å². The summed E-state index contributed by atoms with van der Waals surface area (Å²) in [5.74, 6) is 0.896. The van der Waals surface area contributed by atoms with Crippen molar-refractivity contribution in [3.05, 3.63) is 23.8 Å². The number of anilines is 1. The lowest BCUT2D eigenvalue weighted by atomic mass is 9.90. The van der Waals surface area contributed by atoms with Crippen LogP contribution in [0.3, 0.4) is 0 Å². The normalized spacial score (nSPS) is 21.8. The van der Waals surface area contributed by atoms with E-state index in [-0.39, 0.29) is 11.4 Å². The van der Waals surface area contributed by atoms with E-state index in [2.05, 4.69) is 17.6 Å². The predicted octanol–water partition coefficient (Wildman–Crippen LogP) is 2.86. The molecule has 0 aliphatic carbocycles. The topological polar surface area (TPSA) is 50.4 Å². The van der Waals surface area contributed by atoms with Gasteiger partial charge in [-0.2, -0.15) is 0 Å². The van der Waals surface area contributed by atoms with Crippen LogP contribution in [-0.2, 0) is 4.79 Å². The lowest BCUT2D eigenvalue weighted by molar-refractivity contribution is -0.122. The van der Waals surface area contributed by atoms with Crippen LogP contribution < -0.4 is 15.4 Å². The highest BCUT2D eigenvalue weighted by Crippen LogP contribution is 2.28. The largest absolute Gasteiger partial charge is 0.497 e. The molecule has 0 spiro atoms. The first-order valence-electron chi connectivity index (χ1n) is 7.32. The zero-order chi connectivity index (χ0) is 14.6. The Bertz CT molecular complexity index is 479.